The maximum absolute atomic E-state index is 12.6. The minimum absolute atomic E-state index is 0.0693. The summed E-state index contributed by atoms with van der Waals surface area (Å²) in [4.78, 5) is 14.3. The standard InChI is InChI=1S/C13H23N3O2/c1-13(6-3-5-11(13)15)12(17)16(8-4-7-14)9-10-18-2/h11H,3-6,8-10,15H2,1-2H3. The highest BCUT2D eigenvalue weighted by Gasteiger charge is 2.44. The summed E-state index contributed by atoms with van der Waals surface area (Å²) in [6.07, 6.45) is 3.09. The van der Waals surface area contributed by atoms with Gasteiger partial charge in [0, 0.05) is 26.2 Å². The van der Waals surface area contributed by atoms with Crippen LogP contribution >= 0.6 is 0 Å². The van der Waals surface area contributed by atoms with Crippen LogP contribution in [0.15, 0.2) is 0 Å². The lowest BCUT2D eigenvalue weighted by Gasteiger charge is -2.34. The largest absolute Gasteiger partial charge is 0.383 e. The van der Waals surface area contributed by atoms with E-state index in [4.69, 9.17) is 15.7 Å². The minimum atomic E-state index is -0.469. The molecule has 1 aliphatic rings. The van der Waals surface area contributed by atoms with Crippen molar-refractivity contribution in [3.05, 3.63) is 0 Å². The van der Waals surface area contributed by atoms with Gasteiger partial charge in [0.2, 0.25) is 5.91 Å². The minimum Gasteiger partial charge on any atom is -0.383 e. The topological polar surface area (TPSA) is 79.3 Å². The van der Waals surface area contributed by atoms with Crippen molar-refractivity contribution in [3.8, 4) is 6.07 Å². The van der Waals surface area contributed by atoms with Crippen molar-refractivity contribution >= 4 is 5.91 Å². The average molecular weight is 253 g/mol. The summed E-state index contributed by atoms with van der Waals surface area (Å²) in [7, 11) is 1.61. The quantitative estimate of drug-likeness (QED) is 0.762. The molecule has 2 atom stereocenters. The molecule has 1 amide bonds. The van der Waals surface area contributed by atoms with Crippen molar-refractivity contribution in [1.82, 2.24) is 4.90 Å². The Morgan fingerprint density at radius 1 is 1.61 bits per heavy atom. The van der Waals surface area contributed by atoms with Crippen LogP contribution in [0, 0.1) is 16.7 Å². The van der Waals surface area contributed by atoms with E-state index in [2.05, 4.69) is 6.07 Å². The number of hydrogen-bond donors (Lipinski definition) is 1. The molecule has 2 N–H and O–H groups in total. The number of ether oxygens (including phenoxy) is 1. The maximum Gasteiger partial charge on any atom is 0.230 e. The van der Waals surface area contributed by atoms with Crippen molar-refractivity contribution in [2.45, 2.75) is 38.6 Å². The highest BCUT2D eigenvalue weighted by molar-refractivity contribution is 5.83. The van der Waals surface area contributed by atoms with Crippen LogP contribution in [0.25, 0.3) is 0 Å². The zero-order valence-electron chi connectivity index (χ0n) is 11.3. The summed E-state index contributed by atoms with van der Waals surface area (Å²) in [5, 5.41) is 8.66. The van der Waals surface area contributed by atoms with Gasteiger partial charge in [0.15, 0.2) is 0 Å². The SMILES string of the molecule is COCCN(CCC#N)C(=O)C1(C)CCCC1N. The summed E-state index contributed by atoms with van der Waals surface area (Å²) >= 11 is 0. The molecular formula is C13H23N3O2. The van der Waals surface area contributed by atoms with Gasteiger partial charge in [0.05, 0.1) is 24.5 Å². The number of methoxy groups -OCH3 is 1. The molecular weight excluding hydrogens is 230 g/mol. The molecule has 0 aromatic carbocycles. The third-order valence-corrected chi connectivity index (χ3v) is 3.86. The second kappa shape index (κ2) is 6.72. The summed E-state index contributed by atoms with van der Waals surface area (Å²) in [5.41, 5.74) is 5.60. The molecule has 0 aromatic heterocycles. The molecule has 0 aliphatic heterocycles. The van der Waals surface area contributed by atoms with E-state index < -0.39 is 5.41 Å². The van der Waals surface area contributed by atoms with Crippen LogP contribution in [0.2, 0.25) is 0 Å². The molecule has 0 bridgehead atoms. The lowest BCUT2D eigenvalue weighted by molar-refractivity contribution is -0.142. The Morgan fingerprint density at radius 2 is 2.33 bits per heavy atom. The van der Waals surface area contributed by atoms with Crippen LogP contribution in [-0.4, -0.2) is 43.7 Å². The number of nitrogens with zero attached hydrogens (tertiary/aromatic N) is 2. The lowest BCUT2D eigenvalue weighted by Crippen LogP contribution is -2.50. The van der Waals surface area contributed by atoms with Gasteiger partial charge < -0.3 is 15.4 Å². The summed E-state index contributed by atoms with van der Waals surface area (Å²) in [6, 6.07) is 2.01. The van der Waals surface area contributed by atoms with Crippen LogP contribution in [-0.2, 0) is 9.53 Å². The van der Waals surface area contributed by atoms with E-state index >= 15 is 0 Å². The number of nitriles is 1. The Morgan fingerprint density at radius 3 is 2.83 bits per heavy atom. The van der Waals surface area contributed by atoms with Crippen molar-refractivity contribution in [3.63, 3.8) is 0 Å². The van der Waals surface area contributed by atoms with E-state index in [0.29, 0.717) is 26.1 Å². The van der Waals surface area contributed by atoms with E-state index in [1.54, 1.807) is 12.0 Å². The fourth-order valence-corrected chi connectivity index (χ4v) is 2.52. The number of carbonyl (C=O) groups excluding carboxylic acids is 1. The lowest BCUT2D eigenvalue weighted by atomic mass is 9.83. The number of nitrogens with two attached hydrogens (primary N) is 1. The van der Waals surface area contributed by atoms with E-state index in [9.17, 15) is 4.79 Å². The molecule has 0 radical (unpaired) electrons. The molecule has 2 unspecified atom stereocenters. The molecule has 1 saturated carbocycles. The molecule has 0 aromatic rings. The van der Waals surface area contributed by atoms with E-state index in [1.165, 1.54) is 0 Å². The zero-order valence-corrected chi connectivity index (χ0v) is 11.3. The van der Waals surface area contributed by atoms with Gasteiger partial charge in [-0.15, -0.1) is 0 Å². The van der Waals surface area contributed by atoms with Gasteiger partial charge >= 0.3 is 0 Å². The third-order valence-electron chi connectivity index (χ3n) is 3.86. The normalized spacial score (nSPS) is 26.9. The first kappa shape index (κ1) is 14.9. The van der Waals surface area contributed by atoms with Crippen LogP contribution in [0.1, 0.15) is 32.6 Å². The monoisotopic (exact) mass is 253 g/mol. The van der Waals surface area contributed by atoms with Crippen molar-refractivity contribution in [2.75, 3.05) is 26.8 Å². The maximum atomic E-state index is 12.6. The third kappa shape index (κ3) is 3.21. The summed E-state index contributed by atoms with van der Waals surface area (Å²) in [6.45, 7) is 3.42. The Labute approximate surface area is 109 Å². The molecule has 18 heavy (non-hydrogen) atoms. The average Bonchev–Trinajstić information content (AvgIpc) is 2.70. The zero-order chi connectivity index (χ0) is 13.6. The molecule has 0 spiro atoms. The van der Waals surface area contributed by atoms with Gasteiger partial charge in [-0.05, 0) is 19.8 Å². The molecule has 102 valence electrons. The highest BCUT2D eigenvalue weighted by atomic mass is 16.5. The van der Waals surface area contributed by atoms with Gasteiger partial charge in [0.1, 0.15) is 0 Å². The van der Waals surface area contributed by atoms with Crippen LogP contribution < -0.4 is 5.73 Å². The first-order valence-corrected chi connectivity index (χ1v) is 6.47. The van der Waals surface area contributed by atoms with Crippen molar-refractivity contribution in [1.29, 1.82) is 5.26 Å². The molecule has 5 nitrogen and oxygen atoms in total. The highest BCUT2D eigenvalue weighted by Crippen LogP contribution is 2.38. The second-order valence-corrected chi connectivity index (χ2v) is 5.11. The van der Waals surface area contributed by atoms with Crippen LogP contribution in [0.3, 0.4) is 0 Å². The Kier molecular flexibility index (Phi) is 5.57. The number of hydrogen-bond acceptors (Lipinski definition) is 4. The van der Waals surface area contributed by atoms with Gasteiger partial charge in [-0.3, -0.25) is 4.79 Å². The fourth-order valence-electron chi connectivity index (χ4n) is 2.52. The fraction of sp³-hybridized carbons (Fsp3) is 0.846. The smallest absolute Gasteiger partial charge is 0.230 e. The predicted molar refractivity (Wildman–Crippen MR) is 68.6 cm³/mol. The van der Waals surface area contributed by atoms with E-state index in [-0.39, 0.29) is 11.9 Å². The van der Waals surface area contributed by atoms with Crippen LogP contribution in [0.4, 0.5) is 0 Å². The molecule has 1 aliphatic carbocycles. The first-order chi connectivity index (χ1) is 8.56. The number of rotatable bonds is 6. The van der Waals surface area contributed by atoms with Gasteiger partial charge in [-0.25, -0.2) is 0 Å². The molecule has 0 saturated heterocycles. The van der Waals surface area contributed by atoms with Gasteiger partial charge in [0.25, 0.3) is 0 Å². The predicted octanol–water partition coefficient (Wildman–Crippen LogP) is 0.893. The summed E-state index contributed by atoms with van der Waals surface area (Å²) < 4.78 is 5.02. The Hall–Kier alpha value is -1.12. The molecule has 0 heterocycles. The van der Waals surface area contributed by atoms with E-state index in [1.807, 2.05) is 6.92 Å². The number of amides is 1. The number of carbonyl (C=O) groups is 1. The van der Waals surface area contributed by atoms with Crippen molar-refractivity contribution < 1.29 is 9.53 Å². The Bertz CT molecular complexity index is 327. The summed E-state index contributed by atoms with van der Waals surface area (Å²) in [5.74, 6) is 0.0693. The first-order valence-electron chi connectivity index (χ1n) is 6.47. The Balaban J connectivity index is 2.71. The van der Waals surface area contributed by atoms with E-state index in [0.717, 1.165) is 19.3 Å². The molecule has 1 rings (SSSR count). The van der Waals surface area contributed by atoms with Gasteiger partial charge in [-0.1, -0.05) is 6.42 Å². The molecule has 5 heteroatoms. The molecule has 1 fully saturated rings. The van der Waals surface area contributed by atoms with Crippen LogP contribution in [0.5, 0.6) is 0 Å². The van der Waals surface area contributed by atoms with Crippen molar-refractivity contribution in [2.24, 2.45) is 11.1 Å². The van der Waals surface area contributed by atoms with Gasteiger partial charge in [-0.2, -0.15) is 5.26 Å². The second-order valence-electron chi connectivity index (χ2n) is 5.11.